The number of hydrogen-bond donors (Lipinski definition) is 1. The number of hydrogen-bond acceptors (Lipinski definition) is 1. The fraction of sp³-hybridized carbons (Fsp3) is 0.600. The standard InChI is InChI=1S/C15H24O/c1-3-5-9-13(10-6-4-2)14-11-7-8-12-15(14)16/h7-8,11-13,16H,3-6,9-10H2,1-2H3. The Kier molecular flexibility index (Phi) is 5.99. The molecule has 1 aromatic rings. The number of para-hydroxylation sites is 1. The van der Waals surface area contributed by atoms with Crippen molar-refractivity contribution < 1.29 is 5.11 Å². The molecular weight excluding hydrogens is 196 g/mol. The van der Waals surface area contributed by atoms with Gasteiger partial charge in [0.2, 0.25) is 0 Å². The zero-order valence-corrected chi connectivity index (χ0v) is 10.6. The van der Waals surface area contributed by atoms with E-state index in [1.54, 1.807) is 6.07 Å². The summed E-state index contributed by atoms with van der Waals surface area (Å²) in [6.07, 6.45) is 7.38. The van der Waals surface area contributed by atoms with Gasteiger partial charge in [0.1, 0.15) is 5.75 Å². The van der Waals surface area contributed by atoms with Crippen LogP contribution in [0.25, 0.3) is 0 Å². The van der Waals surface area contributed by atoms with Crippen molar-refractivity contribution in [2.75, 3.05) is 0 Å². The van der Waals surface area contributed by atoms with Gasteiger partial charge in [0.05, 0.1) is 0 Å². The molecule has 1 rings (SSSR count). The third-order valence-electron chi connectivity index (χ3n) is 3.19. The minimum absolute atomic E-state index is 0.472. The van der Waals surface area contributed by atoms with Crippen LogP contribution in [0.4, 0.5) is 0 Å². The van der Waals surface area contributed by atoms with Crippen molar-refractivity contribution in [3.8, 4) is 5.75 Å². The molecule has 0 fully saturated rings. The van der Waals surface area contributed by atoms with Crippen molar-refractivity contribution in [3.05, 3.63) is 29.8 Å². The van der Waals surface area contributed by atoms with E-state index in [0.717, 1.165) is 5.56 Å². The summed E-state index contributed by atoms with van der Waals surface area (Å²) < 4.78 is 0. The molecule has 0 atom stereocenters. The maximum atomic E-state index is 9.88. The van der Waals surface area contributed by atoms with Crippen molar-refractivity contribution in [2.24, 2.45) is 0 Å². The van der Waals surface area contributed by atoms with Crippen LogP contribution in [-0.2, 0) is 0 Å². The summed E-state index contributed by atoms with van der Waals surface area (Å²) in [5.41, 5.74) is 1.14. The van der Waals surface area contributed by atoms with Crippen LogP contribution in [-0.4, -0.2) is 5.11 Å². The van der Waals surface area contributed by atoms with Gasteiger partial charge in [-0.15, -0.1) is 0 Å². The first kappa shape index (κ1) is 13.1. The Labute approximate surface area is 99.5 Å². The lowest BCUT2D eigenvalue weighted by atomic mass is 9.88. The monoisotopic (exact) mass is 220 g/mol. The second-order valence-electron chi connectivity index (χ2n) is 4.54. The Bertz CT molecular complexity index is 285. The summed E-state index contributed by atoms with van der Waals surface area (Å²) >= 11 is 0. The average Bonchev–Trinajstić information content (AvgIpc) is 2.31. The highest BCUT2D eigenvalue weighted by Crippen LogP contribution is 2.33. The second kappa shape index (κ2) is 7.32. The van der Waals surface area contributed by atoms with E-state index in [4.69, 9.17) is 0 Å². The summed E-state index contributed by atoms with van der Waals surface area (Å²) in [6.45, 7) is 4.45. The maximum Gasteiger partial charge on any atom is 0.119 e. The van der Waals surface area contributed by atoms with Gasteiger partial charge in [0.15, 0.2) is 0 Å². The lowest BCUT2D eigenvalue weighted by molar-refractivity contribution is 0.445. The van der Waals surface area contributed by atoms with Gasteiger partial charge in [-0.2, -0.15) is 0 Å². The van der Waals surface area contributed by atoms with Gasteiger partial charge in [-0.3, -0.25) is 0 Å². The average molecular weight is 220 g/mol. The molecule has 1 heteroatoms. The van der Waals surface area contributed by atoms with Crippen LogP contribution >= 0.6 is 0 Å². The zero-order valence-electron chi connectivity index (χ0n) is 10.6. The quantitative estimate of drug-likeness (QED) is 0.696. The number of aromatic hydroxyl groups is 1. The summed E-state index contributed by atoms with van der Waals surface area (Å²) in [6, 6.07) is 7.81. The topological polar surface area (TPSA) is 20.2 Å². The van der Waals surface area contributed by atoms with Gasteiger partial charge >= 0.3 is 0 Å². The van der Waals surface area contributed by atoms with E-state index < -0.39 is 0 Å². The van der Waals surface area contributed by atoms with E-state index >= 15 is 0 Å². The van der Waals surface area contributed by atoms with Crippen LogP contribution in [0.15, 0.2) is 24.3 Å². The van der Waals surface area contributed by atoms with Crippen LogP contribution in [0, 0.1) is 0 Å². The fourth-order valence-electron chi connectivity index (χ4n) is 2.19. The molecule has 1 nitrogen and oxygen atoms in total. The number of phenols is 1. The van der Waals surface area contributed by atoms with E-state index in [1.165, 1.54) is 38.5 Å². The van der Waals surface area contributed by atoms with Crippen molar-refractivity contribution >= 4 is 0 Å². The number of unbranched alkanes of at least 4 members (excludes halogenated alkanes) is 2. The van der Waals surface area contributed by atoms with Crippen LogP contribution in [0.2, 0.25) is 0 Å². The van der Waals surface area contributed by atoms with E-state index in [-0.39, 0.29) is 0 Å². The summed E-state index contributed by atoms with van der Waals surface area (Å²) in [5.74, 6) is 1.01. The van der Waals surface area contributed by atoms with Crippen LogP contribution in [0.5, 0.6) is 5.75 Å². The first-order valence-corrected chi connectivity index (χ1v) is 6.57. The molecule has 0 aliphatic heterocycles. The van der Waals surface area contributed by atoms with Crippen molar-refractivity contribution in [1.82, 2.24) is 0 Å². The second-order valence-corrected chi connectivity index (χ2v) is 4.54. The molecule has 0 unspecified atom stereocenters. The molecule has 0 saturated carbocycles. The minimum Gasteiger partial charge on any atom is -0.508 e. The molecule has 0 bridgehead atoms. The van der Waals surface area contributed by atoms with Gasteiger partial charge in [-0.05, 0) is 30.4 Å². The third-order valence-corrected chi connectivity index (χ3v) is 3.19. The number of rotatable bonds is 7. The van der Waals surface area contributed by atoms with Crippen molar-refractivity contribution in [2.45, 2.75) is 58.3 Å². The molecule has 0 spiro atoms. The van der Waals surface area contributed by atoms with Gasteiger partial charge in [-0.25, -0.2) is 0 Å². The predicted octanol–water partition coefficient (Wildman–Crippen LogP) is 4.86. The molecule has 0 aliphatic rings. The number of phenolic OH excluding ortho intramolecular Hbond substituents is 1. The van der Waals surface area contributed by atoms with Gasteiger partial charge in [0, 0.05) is 0 Å². The minimum atomic E-state index is 0.472. The smallest absolute Gasteiger partial charge is 0.119 e. The molecule has 0 saturated heterocycles. The largest absolute Gasteiger partial charge is 0.508 e. The lowest BCUT2D eigenvalue weighted by Gasteiger charge is -2.17. The normalized spacial score (nSPS) is 10.9. The Morgan fingerprint density at radius 3 is 2.06 bits per heavy atom. The SMILES string of the molecule is CCCCC(CCCC)c1ccccc1O. The molecular formula is C15H24O. The lowest BCUT2D eigenvalue weighted by Crippen LogP contribution is -1.99. The summed E-state index contributed by atoms with van der Waals surface area (Å²) in [4.78, 5) is 0. The Balaban J connectivity index is 2.70. The molecule has 16 heavy (non-hydrogen) atoms. The molecule has 1 aromatic carbocycles. The molecule has 90 valence electrons. The van der Waals surface area contributed by atoms with Gasteiger partial charge < -0.3 is 5.11 Å². The first-order valence-electron chi connectivity index (χ1n) is 6.57. The van der Waals surface area contributed by atoms with Crippen LogP contribution in [0.3, 0.4) is 0 Å². The molecule has 0 heterocycles. The Morgan fingerprint density at radius 1 is 1.00 bits per heavy atom. The van der Waals surface area contributed by atoms with E-state index in [9.17, 15) is 5.11 Å². The first-order chi connectivity index (χ1) is 7.79. The van der Waals surface area contributed by atoms with E-state index in [0.29, 0.717) is 11.7 Å². The summed E-state index contributed by atoms with van der Waals surface area (Å²) in [7, 11) is 0. The van der Waals surface area contributed by atoms with E-state index in [1.807, 2.05) is 12.1 Å². The van der Waals surface area contributed by atoms with E-state index in [2.05, 4.69) is 19.9 Å². The van der Waals surface area contributed by atoms with Gasteiger partial charge in [-0.1, -0.05) is 57.7 Å². The van der Waals surface area contributed by atoms with Gasteiger partial charge in [0.25, 0.3) is 0 Å². The zero-order chi connectivity index (χ0) is 11.8. The Morgan fingerprint density at radius 2 is 1.56 bits per heavy atom. The van der Waals surface area contributed by atoms with Crippen molar-refractivity contribution in [3.63, 3.8) is 0 Å². The molecule has 0 aromatic heterocycles. The predicted molar refractivity (Wildman–Crippen MR) is 69.9 cm³/mol. The number of benzene rings is 1. The van der Waals surface area contributed by atoms with Crippen LogP contribution in [0.1, 0.15) is 63.9 Å². The highest BCUT2D eigenvalue weighted by atomic mass is 16.3. The molecule has 0 aliphatic carbocycles. The van der Waals surface area contributed by atoms with Crippen molar-refractivity contribution in [1.29, 1.82) is 0 Å². The maximum absolute atomic E-state index is 9.88. The highest BCUT2D eigenvalue weighted by Gasteiger charge is 2.13. The third kappa shape index (κ3) is 3.88. The fourth-order valence-corrected chi connectivity index (χ4v) is 2.19. The van der Waals surface area contributed by atoms with Crippen LogP contribution < -0.4 is 0 Å². The summed E-state index contributed by atoms with van der Waals surface area (Å²) in [5, 5.41) is 9.88. The Hall–Kier alpha value is -0.980. The molecule has 1 N–H and O–H groups in total. The molecule has 0 radical (unpaired) electrons. The highest BCUT2D eigenvalue weighted by molar-refractivity contribution is 5.34. The molecule has 0 amide bonds.